The summed E-state index contributed by atoms with van der Waals surface area (Å²) in [6, 6.07) is 2.21. The smallest absolute Gasteiger partial charge is 0.0701 e. The normalized spacial score (nSPS) is 22.5. The van der Waals surface area contributed by atoms with Gasteiger partial charge in [0.15, 0.2) is 0 Å². The van der Waals surface area contributed by atoms with E-state index in [2.05, 4.69) is 32.3 Å². The minimum absolute atomic E-state index is 0.336. The van der Waals surface area contributed by atoms with Gasteiger partial charge in [-0.05, 0) is 64.7 Å². The highest BCUT2D eigenvalue weighted by atomic mass is 79.9. The fourth-order valence-corrected chi connectivity index (χ4v) is 3.60. The zero-order chi connectivity index (χ0) is 11.4. The van der Waals surface area contributed by atoms with E-state index in [0.717, 1.165) is 19.5 Å². The second-order valence-corrected chi connectivity index (χ2v) is 6.81. The number of hydrogen-bond acceptors (Lipinski definition) is 3. The highest BCUT2D eigenvalue weighted by Gasteiger charge is 2.19. The van der Waals surface area contributed by atoms with E-state index in [1.807, 2.05) is 0 Å². The van der Waals surface area contributed by atoms with Crippen molar-refractivity contribution in [2.75, 3.05) is 19.7 Å². The second kappa shape index (κ2) is 6.15. The van der Waals surface area contributed by atoms with E-state index in [-0.39, 0.29) is 0 Å². The molecule has 0 amide bonds. The Kier molecular flexibility index (Phi) is 4.82. The van der Waals surface area contributed by atoms with Crippen LogP contribution in [0.3, 0.4) is 0 Å². The van der Waals surface area contributed by atoms with E-state index < -0.39 is 0 Å². The highest BCUT2D eigenvalue weighted by molar-refractivity contribution is 9.11. The molecule has 1 atom stereocenters. The van der Waals surface area contributed by atoms with Gasteiger partial charge in [0.25, 0.3) is 0 Å². The Hall–Kier alpha value is 0.100. The molecule has 1 aliphatic heterocycles. The van der Waals surface area contributed by atoms with Gasteiger partial charge in [0.2, 0.25) is 0 Å². The number of piperidine rings is 1. The zero-order valence-corrected chi connectivity index (χ0v) is 11.8. The predicted octanol–water partition coefficient (Wildman–Crippen LogP) is 3.11. The van der Waals surface area contributed by atoms with E-state index in [4.69, 9.17) is 5.11 Å². The minimum atomic E-state index is 0.336. The number of thiophene rings is 1. The summed E-state index contributed by atoms with van der Waals surface area (Å²) in [4.78, 5) is 2.51. The van der Waals surface area contributed by atoms with Crippen LogP contribution in [-0.4, -0.2) is 29.7 Å². The number of likely N-dealkylation sites (tertiary alicyclic amines) is 1. The van der Waals surface area contributed by atoms with Gasteiger partial charge in [0, 0.05) is 19.7 Å². The SMILES string of the molecule is OCCC1CCCN(Cc2csc(Br)c2)C1. The minimum Gasteiger partial charge on any atom is -0.396 e. The molecule has 90 valence electrons. The molecule has 2 heterocycles. The van der Waals surface area contributed by atoms with Crippen LogP contribution >= 0.6 is 27.3 Å². The summed E-state index contributed by atoms with van der Waals surface area (Å²) in [5.41, 5.74) is 1.40. The molecule has 0 bridgehead atoms. The number of rotatable bonds is 4. The van der Waals surface area contributed by atoms with Crippen LogP contribution in [0.5, 0.6) is 0 Å². The average molecular weight is 304 g/mol. The summed E-state index contributed by atoms with van der Waals surface area (Å²) in [6.07, 6.45) is 3.52. The summed E-state index contributed by atoms with van der Waals surface area (Å²) in [7, 11) is 0. The number of aliphatic hydroxyl groups is 1. The van der Waals surface area contributed by atoms with E-state index in [1.165, 1.54) is 28.7 Å². The molecular weight excluding hydrogens is 286 g/mol. The summed E-state index contributed by atoms with van der Waals surface area (Å²) < 4.78 is 1.21. The molecule has 0 aromatic carbocycles. The fourth-order valence-electron chi connectivity index (χ4n) is 2.40. The molecule has 1 aromatic heterocycles. The maximum atomic E-state index is 8.97. The molecule has 1 N–H and O–H groups in total. The van der Waals surface area contributed by atoms with Gasteiger partial charge in [-0.3, -0.25) is 4.90 Å². The van der Waals surface area contributed by atoms with Crippen molar-refractivity contribution in [2.24, 2.45) is 5.92 Å². The molecule has 0 aliphatic carbocycles. The lowest BCUT2D eigenvalue weighted by Crippen LogP contribution is -2.35. The first-order chi connectivity index (χ1) is 7.78. The standard InChI is InChI=1S/C12H18BrNOS/c13-12-6-11(9-16-12)8-14-4-1-2-10(7-14)3-5-15/h6,9-10,15H,1-5,7-8H2. The highest BCUT2D eigenvalue weighted by Crippen LogP contribution is 2.24. The third-order valence-corrected chi connectivity index (χ3v) is 4.72. The van der Waals surface area contributed by atoms with E-state index in [1.54, 1.807) is 11.3 Å². The lowest BCUT2D eigenvalue weighted by Gasteiger charge is -2.32. The maximum Gasteiger partial charge on any atom is 0.0701 e. The monoisotopic (exact) mass is 303 g/mol. The molecule has 2 rings (SSSR count). The van der Waals surface area contributed by atoms with E-state index in [0.29, 0.717) is 12.5 Å². The van der Waals surface area contributed by atoms with Crippen molar-refractivity contribution in [1.29, 1.82) is 0 Å². The summed E-state index contributed by atoms with van der Waals surface area (Å²) >= 11 is 5.25. The van der Waals surface area contributed by atoms with Crippen LogP contribution in [0.4, 0.5) is 0 Å². The first kappa shape index (κ1) is 12.6. The largest absolute Gasteiger partial charge is 0.396 e. The average Bonchev–Trinajstić information content (AvgIpc) is 2.65. The van der Waals surface area contributed by atoms with Gasteiger partial charge < -0.3 is 5.11 Å². The van der Waals surface area contributed by atoms with Gasteiger partial charge in [-0.15, -0.1) is 11.3 Å². The van der Waals surface area contributed by atoms with Gasteiger partial charge in [-0.25, -0.2) is 0 Å². The first-order valence-corrected chi connectivity index (χ1v) is 7.51. The number of hydrogen-bond donors (Lipinski definition) is 1. The van der Waals surface area contributed by atoms with Crippen LogP contribution in [0, 0.1) is 5.92 Å². The fraction of sp³-hybridized carbons (Fsp3) is 0.667. The second-order valence-electron chi connectivity index (χ2n) is 4.51. The van der Waals surface area contributed by atoms with Crippen molar-refractivity contribution < 1.29 is 5.11 Å². The van der Waals surface area contributed by atoms with Crippen molar-refractivity contribution in [1.82, 2.24) is 4.90 Å². The van der Waals surface area contributed by atoms with Crippen molar-refractivity contribution >= 4 is 27.3 Å². The molecule has 1 saturated heterocycles. The Bertz CT molecular complexity index is 327. The molecule has 2 nitrogen and oxygen atoms in total. The summed E-state index contributed by atoms with van der Waals surface area (Å²) in [5.74, 6) is 0.695. The maximum absolute atomic E-state index is 8.97. The zero-order valence-electron chi connectivity index (χ0n) is 9.36. The molecule has 1 fully saturated rings. The number of nitrogens with zero attached hydrogens (tertiary/aromatic N) is 1. The molecule has 1 unspecified atom stereocenters. The Balaban J connectivity index is 1.85. The van der Waals surface area contributed by atoms with Gasteiger partial charge in [-0.2, -0.15) is 0 Å². The van der Waals surface area contributed by atoms with Crippen molar-refractivity contribution in [3.8, 4) is 0 Å². The van der Waals surface area contributed by atoms with Crippen molar-refractivity contribution in [3.63, 3.8) is 0 Å². The Morgan fingerprint density at radius 3 is 3.12 bits per heavy atom. The lowest BCUT2D eigenvalue weighted by molar-refractivity contribution is 0.142. The molecule has 0 radical (unpaired) electrons. The molecule has 0 saturated carbocycles. The van der Waals surface area contributed by atoms with Crippen LogP contribution in [-0.2, 0) is 6.54 Å². The van der Waals surface area contributed by atoms with Crippen LogP contribution < -0.4 is 0 Å². The number of aliphatic hydroxyl groups excluding tert-OH is 1. The van der Waals surface area contributed by atoms with Crippen LogP contribution in [0.1, 0.15) is 24.8 Å². The van der Waals surface area contributed by atoms with E-state index >= 15 is 0 Å². The Morgan fingerprint density at radius 1 is 1.56 bits per heavy atom. The molecule has 0 spiro atoms. The molecular formula is C12H18BrNOS. The third-order valence-electron chi connectivity index (χ3n) is 3.17. The molecule has 1 aromatic rings. The first-order valence-electron chi connectivity index (χ1n) is 5.84. The van der Waals surface area contributed by atoms with Crippen LogP contribution in [0.15, 0.2) is 15.2 Å². The third kappa shape index (κ3) is 3.55. The van der Waals surface area contributed by atoms with Gasteiger partial charge in [-0.1, -0.05) is 0 Å². The van der Waals surface area contributed by atoms with Gasteiger partial charge in [0.05, 0.1) is 3.79 Å². The summed E-state index contributed by atoms with van der Waals surface area (Å²) in [5, 5.41) is 11.2. The molecule has 4 heteroatoms. The summed E-state index contributed by atoms with van der Waals surface area (Å²) in [6.45, 7) is 3.75. The molecule has 1 aliphatic rings. The van der Waals surface area contributed by atoms with Gasteiger partial charge >= 0.3 is 0 Å². The van der Waals surface area contributed by atoms with Gasteiger partial charge in [0.1, 0.15) is 0 Å². The predicted molar refractivity (Wildman–Crippen MR) is 71.7 cm³/mol. The van der Waals surface area contributed by atoms with E-state index in [9.17, 15) is 0 Å². The van der Waals surface area contributed by atoms with Crippen LogP contribution in [0.2, 0.25) is 0 Å². The van der Waals surface area contributed by atoms with Crippen molar-refractivity contribution in [3.05, 3.63) is 20.8 Å². The number of halogens is 1. The Morgan fingerprint density at radius 2 is 2.44 bits per heavy atom. The quantitative estimate of drug-likeness (QED) is 0.924. The Labute approximate surface area is 109 Å². The van der Waals surface area contributed by atoms with Crippen molar-refractivity contribution in [2.45, 2.75) is 25.8 Å². The molecule has 16 heavy (non-hydrogen) atoms. The topological polar surface area (TPSA) is 23.5 Å². The van der Waals surface area contributed by atoms with Crippen LogP contribution in [0.25, 0.3) is 0 Å². The lowest BCUT2D eigenvalue weighted by atomic mass is 9.95.